The molecule has 0 amide bonds. The van der Waals surface area contributed by atoms with E-state index < -0.39 is 12.2 Å². The van der Waals surface area contributed by atoms with Crippen molar-refractivity contribution in [2.24, 2.45) is 5.11 Å². The summed E-state index contributed by atoms with van der Waals surface area (Å²) in [5, 5.41) is 31.9. The lowest BCUT2D eigenvalue weighted by molar-refractivity contribution is 0.0243. The molecule has 0 aliphatic heterocycles. The first-order valence-electron chi connectivity index (χ1n) is 5.18. The van der Waals surface area contributed by atoms with Crippen molar-refractivity contribution in [3.8, 4) is 5.75 Å². The summed E-state index contributed by atoms with van der Waals surface area (Å²) in [6, 6.07) is 3.93. The topological polar surface area (TPSA) is 127 Å². The summed E-state index contributed by atoms with van der Waals surface area (Å²) < 4.78 is 0. The van der Waals surface area contributed by atoms with Gasteiger partial charge in [-0.25, -0.2) is 0 Å². The molecular formula is C11H13N3O4. The number of aliphatic hydroxyl groups is 2. The molecule has 0 radical (unpaired) electrons. The predicted molar refractivity (Wildman–Crippen MR) is 63.1 cm³/mol. The lowest BCUT2D eigenvalue weighted by Crippen LogP contribution is -2.21. The number of ketones is 1. The Morgan fingerprint density at radius 1 is 1.50 bits per heavy atom. The maximum Gasteiger partial charge on any atom is 0.163 e. The zero-order valence-corrected chi connectivity index (χ0v) is 9.69. The molecule has 1 aromatic rings. The first-order valence-corrected chi connectivity index (χ1v) is 5.18. The summed E-state index contributed by atoms with van der Waals surface area (Å²) in [4.78, 5) is 13.7. The highest BCUT2D eigenvalue weighted by atomic mass is 16.3. The zero-order valence-electron chi connectivity index (χ0n) is 9.69. The van der Waals surface area contributed by atoms with E-state index in [0.29, 0.717) is 0 Å². The highest BCUT2D eigenvalue weighted by molar-refractivity contribution is 5.96. The highest BCUT2D eigenvalue weighted by Crippen LogP contribution is 2.24. The number of hydrogen-bond donors (Lipinski definition) is 3. The second-order valence-electron chi connectivity index (χ2n) is 3.76. The van der Waals surface area contributed by atoms with Crippen molar-refractivity contribution in [1.82, 2.24) is 0 Å². The molecule has 96 valence electrons. The number of rotatable bonds is 5. The molecule has 2 atom stereocenters. The number of Topliss-reactive ketones (excluding diaryl/α,β-unsaturated/α-hetero) is 1. The summed E-state index contributed by atoms with van der Waals surface area (Å²) in [5.41, 5.74) is 8.43. The molecule has 0 heterocycles. The summed E-state index contributed by atoms with van der Waals surface area (Å²) >= 11 is 0. The quantitative estimate of drug-likeness (QED) is 0.315. The number of azide groups is 1. The Morgan fingerprint density at radius 2 is 2.17 bits per heavy atom. The SMILES string of the molecule is CC(=O)c1cc(C(O)C(O)CN=[N+]=[N-])ccc1O. The second-order valence-corrected chi connectivity index (χ2v) is 3.76. The molecule has 18 heavy (non-hydrogen) atoms. The van der Waals surface area contributed by atoms with E-state index in [9.17, 15) is 20.1 Å². The minimum atomic E-state index is -1.30. The van der Waals surface area contributed by atoms with Gasteiger partial charge in [0.15, 0.2) is 5.78 Å². The fourth-order valence-electron chi connectivity index (χ4n) is 1.46. The van der Waals surface area contributed by atoms with Gasteiger partial charge in [0, 0.05) is 4.91 Å². The standard InChI is InChI=1S/C11H13N3O4/c1-6(15)8-4-7(2-3-9(8)16)11(18)10(17)5-13-14-12/h2-4,10-11,16-18H,5H2,1H3. The van der Waals surface area contributed by atoms with E-state index >= 15 is 0 Å². The van der Waals surface area contributed by atoms with Crippen molar-refractivity contribution in [3.05, 3.63) is 39.8 Å². The van der Waals surface area contributed by atoms with Crippen LogP contribution in [0.4, 0.5) is 0 Å². The molecule has 0 aliphatic rings. The van der Waals surface area contributed by atoms with Gasteiger partial charge in [-0.2, -0.15) is 0 Å². The minimum absolute atomic E-state index is 0.0579. The van der Waals surface area contributed by atoms with Crippen molar-refractivity contribution in [1.29, 1.82) is 0 Å². The number of phenolic OH excluding ortho intramolecular Hbond substituents is 1. The number of nitrogens with zero attached hydrogens (tertiary/aromatic N) is 3. The van der Waals surface area contributed by atoms with Gasteiger partial charge in [-0.3, -0.25) is 4.79 Å². The van der Waals surface area contributed by atoms with Gasteiger partial charge < -0.3 is 15.3 Å². The molecule has 7 heteroatoms. The smallest absolute Gasteiger partial charge is 0.163 e. The molecule has 1 aromatic carbocycles. The van der Waals surface area contributed by atoms with Crippen molar-refractivity contribution in [3.63, 3.8) is 0 Å². The Kier molecular flexibility index (Phi) is 4.67. The van der Waals surface area contributed by atoms with E-state index in [-0.39, 0.29) is 29.2 Å². The van der Waals surface area contributed by atoms with Gasteiger partial charge in [0.25, 0.3) is 0 Å². The Hall–Kier alpha value is -2.08. The Bertz CT molecular complexity index is 497. The fraction of sp³-hybridized carbons (Fsp3) is 0.364. The summed E-state index contributed by atoms with van der Waals surface area (Å²) in [6.45, 7) is 0.996. The van der Waals surface area contributed by atoms with Gasteiger partial charge >= 0.3 is 0 Å². The Labute approximate surface area is 103 Å². The van der Waals surface area contributed by atoms with Crippen LogP contribution in [0.25, 0.3) is 10.4 Å². The van der Waals surface area contributed by atoms with E-state index in [1.54, 1.807) is 0 Å². The van der Waals surface area contributed by atoms with Crippen LogP contribution in [0.2, 0.25) is 0 Å². The van der Waals surface area contributed by atoms with Gasteiger partial charge in [0.2, 0.25) is 0 Å². The van der Waals surface area contributed by atoms with Gasteiger partial charge in [-0.05, 0) is 30.2 Å². The molecule has 2 unspecified atom stereocenters. The van der Waals surface area contributed by atoms with Crippen LogP contribution in [0.5, 0.6) is 5.75 Å². The minimum Gasteiger partial charge on any atom is -0.507 e. The number of hydrogen-bond acceptors (Lipinski definition) is 5. The summed E-state index contributed by atoms with van der Waals surface area (Å²) in [7, 11) is 0. The normalized spacial score (nSPS) is 13.5. The van der Waals surface area contributed by atoms with Crippen LogP contribution in [0.1, 0.15) is 28.9 Å². The van der Waals surface area contributed by atoms with Crippen LogP contribution in [0.3, 0.4) is 0 Å². The molecule has 1 rings (SSSR count). The third kappa shape index (κ3) is 3.21. The fourth-order valence-corrected chi connectivity index (χ4v) is 1.46. The van der Waals surface area contributed by atoms with Crippen molar-refractivity contribution in [2.75, 3.05) is 6.54 Å². The summed E-state index contributed by atoms with van der Waals surface area (Å²) in [5.74, 6) is -0.547. The van der Waals surface area contributed by atoms with Crippen LogP contribution in [0.15, 0.2) is 23.3 Å². The van der Waals surface area contributed by atoms with E-state index in [1.807, 2.05) is 0 Å². The third-order valence-electron chi connectivity index (χ3n) is 2.44. The van der Waals surface area contributed by atoms with Crippen molar-refractivity contribution < 1.29 is 20.1 Å². The van der Waals surface area contributed by atoms with Crippen LogP contribution >= 0.6 is 0 Å². The molecule has 0 spiro atoms. The zero-order chi connectivity index (χ0) is 13.7. The van der Waals surface area contributed by atoms with Gasteiger partial charge in [-0.1, -0.05) is 11.2 Å². The Balaban J connectivity index is 2.99. The molecule has 0 aliphatic carbocycles. The van der Waals surface area contributed by atoms with Crippen molar-refractivity contribution in [2.45, 2.75) is 19.1 Å². The van der Waals surface area contributed by atoms with E-state index in [1.165, 1.54) is 25.1 Å². The first kappa shape index (κ1) is 14.0. The van der Waals surface area contributed by atoms with Crippen LogP contribution < -0.4 is 0 Å². The number of phenols is 1. The molecule has 0 saturated heterocycles. The van der Waals surface area contributed by atoms with E-state index in [2.05, 4.69) is 10.0 Å². The van der Waals surface area contributed by atoms with E-state index in [4.69, 9.17) is 5.53 Å². The first-order chi connectivity index (χ1) is 8.47. The molecule has 0 aromatic heterocycles. The lowest BCUT2D eigenvalue weighted by Gasteiger charge is -2.17. The molecule has 0 saturated carbocycles. The van der Waals surface area contributed by atoms with Crippen LogP contribution in [0, 0.1) is 0 Å². The van der Waals surface area contributed by atoms with Crippen LogP contribution in [-0.2, 0) is 0 Å². The third-order valence-corrected chi connectivity index (χ3v) is 2.44. The van der Waals surface area contributed by atoms with Crippen molar-refractivity contribution >= 4 is 5.78 Å². The number of benzene rings is 1. The maximum absolute atomic E-state index is 11.2. The van der Waals surface area contributed by atoms with Gasteiger partial charge in [0.05, 0.1) is 18.2 Å². The predicted octanol–water partition coefficient (Wildman–Crippen LogP) is 1.30. The largest absolute Gasteiger partial charge is 0.507 e. The summed E-state index contributed by atoms with van der Waals surface area (Å²) in [6.07, 6.45) is -2.57. The maximum atomic E-state index is 11.2. The number of carbonyl (C=O) groups excluding carboxylic acids is 1. The lowest BCUT2D eigenvalue weighted by atomic mass is 10.00. The molecule has 3 N–H and O–H groups in total. The number of carbonyl (C=O) groups is 1. The molecule has 0 bridgehead atoms. The second kappa shape index (κ2) is 6.02. The molecule has 7 nitrogen and oxygen atoms in total. The highest BCUT2D eigenvalue weighted by Gasteiger charge is 2.19. The molecule has 0 fully saturated rings. The average Bonchev–Trinajstić information content (AvgIpc) is 2.35. The monoisotopic (exact) mass is 251 g/mol. The van der Waals surface area contributed by atoms with Crippen LogP contribution in [-0.4, -0.2) is 33.8 Å². The van der Waals surface area contributed by atoms with Gasteiger partial charge in [0.1, 0.15) is 11.9 Å². The van der Waals surface area contributed by atoms with Gasteiger partial charge in [-0.15, -0.1) is 0 Å². The number of aliphatic hydroxyl groups excluding tert-OH is 2. The number of aromatic hydroxyl groups is 1. The Morgan fingerprint density at radius 3 is 2.72 bits per heavy atom. The average molecular weight is 251 g/mol. The molecular weight excluding hydrogens is 238 g/mol. The van der Waals surface area contributed by atoms with E-state index in [0.717, 1.165) is 0 Å².